The smallest absolute Gasteiger partial charge is 0.149 e. The van der Waals surface area contributed by atoms with Gasteiger partial charge in [0.05, 0.1) is 11.1 Å². The second-order valence-electron chi connectivity index (χ2n) is 4.81. The van der Waals surface area contributed by atoms with Gasteiger partial charge in [0, 0.05) is 6.04 Å². The van der Waals surface area contributed by atoms with E-state index in [1.54, 1.807) is 6.33 Å². The van der Waals surface area contributed by atoms with Crippen molar-refractivity contribution in [2.24, 2.45) is 0 Å². The lowest BCUT2D eigenvalue weighted by Crippen LogP contribution is -2.23. The highest BCUT2D eigenvalue weighted by Crippen LogP contribution is 2.26. The molecule has 1 unspecified atom stereocenters. The van der Waals surface area contributed by atoms with Crippen LogP contribution in [0.25, 0.3) is 10.2 Å². The highest BCUT2D eigenvalue weighted by atomic mass is 32.1. The molecule has 2 aromatic rings. The van der Waals surface area contributed by atoms with Crippen molar-refractivity contribution in [1.82, 2.24) is 19.2 Å². The molecule has 2 aromatic heterocycles. The van der Waals surface area contributed by atoms with Gasteiger partial charge in [0.2, 0.25) is 0 Å². The van der Waals surface area contributed by atoms with Crippen LogP contribution in [-0.4, -0.2) is 45.9 Å². The molecule has 0 aromatic carbocycles. The van der Waals surface area contributed by atoms with Crippen LogP contribution in [0.5, 0.6) is 0 Å². The zero-order valence-corrected chi connectivity index (χ0v) is 12.1. The summed E-state index contributed by atoms with van der Waals surface area (Å²) in [6.45, 7) is 5.23. The third-order valence-electron chi connectivity index (χ3n) is 2.84. The number of hydrogen-bond acceptors (Lipinski definition) is 6. The van der Waals surface area contributed by atoms with Crippen LogP contribution in [0.3, 0.4) is 0 Å². The Morgan fingerprint density at radius 2 is 2.17 bits per heavy atom. The highest BCUT2D eigenvalue weighted by Gasteiger charge is 2.12. The average Bonchev–Trinajstić information content (AvgIpc) is 2.70. The maximum atomic E-state index is 4.34. The zero-order chi connectivity index (χ0) is 13.1. The summed E-state index contributed by atoms with van der Waals surface area (Å²) in [5.41, 5.74) is 0.998. The number of hydrogen-bond donors (Lipinski definition) is 1. The second kappa shape index (κ2) is 5.58. The predicted molar refractivity (Wildman–Crippen MR) is 76.2 cm³/mol. The first-order chi connectivity index (χ1) is 8.58. The Morgan fingerprint density at radius 3 is 2.89 bits per heavy atom. The fourth-order valence-corrected chi connectivity index (χ4v) is 2.53. The minimum Gasteiger partial charge on any atom is -0.367 e. The van der Waals surface area contributed by atoms with Gasteiger partial charge in [0.15, 0.2) is 0 Å². The predicted octanol–water partition coefficient (Wildman–Crippen LogP) is 2.15. The van der Waals surface area contributed by atoms with Gasteiger partial charge in [-0.15, -0.1) is 0 Å². The largest absolute Gasteiger partial charge is 0.367 e. The maximum absolute atomic E-state index is 4.34. The van der Waals surface area contributed by atoms with E-state index in [1.807, 2.05) is 6.92 Å². The highest BCUT2D eigenvalue weighted by molar-refractivity contribution is 7.13. The van der Waals surface area contributed by atoms with Gasteiger partial charge in [-0.05, 0) is 52.4 Å². The van der Waals surface area contributed by atoms with Crippen molar-refractivity contribution in [3.63, 3.8) is 0 Å². The molecule has 0 spiro atoms. The van der Waals surface area contributed by atoms with Crippen LogP contribution < -0.4 is 5.32 Å². The van der Waals surface area contributed by atoms with E-state index in [1.165, 1.54) is 11.5 Å². The van der Waals surface area contributed by atoms with Gasteiger partial charge in [-0.25, -0.2) is 9.97 Å². The van der Waals surface area contributed by atoms with E-state index in [0.29, 0.717) is 6.04 Å². The summed E-state index contributed by atoms with van der Waals surface area (Å²) in [6, 6.07) is 0.379. The SMILES string of the molecule is Cc1nsc2ncnc(NC(C)CCN(C)C)c12. The number of fused-ring (bicyclic) bond motifs is 1. The van der Waals surface area contributed by atoms with Gasteiger partial charge in [-0.1, -0.05) is 0 Å². The molecule has 0 amide bonds. The molecular weight excluding hydrogens is 246 g/mol. The molecule has 0 aliphatic heterocycles. The Bertz CT molecular complexity index is 522. The fraction of sp³-hybridized carbons (Fsp3) is 0.583. The number of rotatable bonds is 5. The molecule has 6 heteroatoms. The van der Waals surface area contributed by atoms with Gasteiger partial charge in [-0.3, -0.25) is 0 Å². The number of nitrogens with zero attached hydrogens (tertiary/aromatic N) is 4. The number of aryl methyl sites for hydroxylation is 1. The molecule has 0 fully saturated rings. The average molecular weight is 265 g/mol. The summed E-state index contributed by atoms with van der Waals surface area (Å²) in [6.07, 6.45) is 2.68. The third kappa shape index (κ3) is 2.94. The lowest BCUT2D eigenvalue weighted by Gasteiger charge is -2.17. The standard InChI is InChI=1S/C12H19N5S/c1-8(5-6-17(3)4)15-11-10-9(2)16-18-12(10)14-7-13-11/h7-8H,5-6H2,1-4H3,(H,13,14,15). The number of nitrogens with one attached hydrogen (secondary N) is 1. The molecule has 18 heavy (non-hydrogen) atoms. The van der Waals surface area contributed by atoms with Crippen LogP contribution in [0.1, 0.15) is 19.0 Å². The molecular formula is C12H19N5S. The third-order valence-corrected chi connectivity index (χ3v) is 3.68. The normalized spacial score (nSPS) is 13.2. The Labute approximate surface area is 111 Å². The summed E-state index contributed by atoms with van der Waals surface area (Å²) < 4.78 is 4.33. The second-order valence-corrected chi connectivity index (χ2v) is 5.56. The van der Waals surface area contributed by atoms with E-state index in [0.717, 1.165) is 34.7 Å². The summed E-state index contributed by atoms with van der Waals surface area (Å²) in [4.78, 5) is 11.7. The van der Waals surface area contributed by atoms with Crippen molar-refractivity contribution in [1.29, 1.82) is 0 Å². The fourth-order valence-electron chi connectivity index (χ4n) is 1.79. The van der Waals surface area contributed by atoms with Gasteiger partial charge in [0.1, 0.15) is 17.0 Å². The molecule has 0 bridgehead atoms. The molecule has 1 N–H and O–H groups in total. The van der Waals surface area contributed by atoms with Gasteiger partial charge >= 0.3 is 0 Å². The zero-order valence-electron chi connectivity index (χ0n) is 11.3. The van der Waals surface area contributed by atoms with Crippen LogP contribution in [0.2, 0.25) is 0 Å². The Balaban J connectivity index is 2.13. The minimum atomic E-state index is 0.379. The molecule has 5 nitrogen and oxygen atoms in total. The molecule has 0 aliphatic rings. The topological polar surface area (TPSA) is 53.9 Å². The van der Waals surface area contributed by atoms with Crippen LogP contribution >= 0.6 is 11.5 Å². The van der Waals surface area contributed by atoms with Crippen molar-refractivity contribution in [3.8, 4) is 0 Å². The Morgan fingerprint density at radius 1 is 1.39 bits per heavy atom. The van der Waals surface area contributed by atoms with E-state index in [9.17, 15) is 0 Å². The van der Waals surface area contributed by atoms with Crippen molar-refractivity contribution < 1.29 is 0 Å². The van der Waals surface area contributed by atoms with E-state index in [4.69, 9.17) is 0 Å². The van der Waals surface area contributed by atoms with Gasteiger partial charge in [0.25, 0.3) is 0 Å². The summed E-state index contributed by atoms with van der Waals surface area (Å²) >= 11 is 1.42. The van der Waals surface area contributed by atoms with Crippen molar-refractivity contribution in [2.45, 2.75) is 26.3 Å². The van der Waals surface area contributed by atoms with Crippen LogP contribution in [0.4, 0.5) is 5.82 Å². The van der Waals surface area contributed by atoms with Gasteiger partial charge in [-0.2, -0.15) is 4.37 Å². The van der Waals surface area contributed by atoms with Crippen molar-refractivity contribution >= 4 is 27.6 Å². The quantitative estimate of drug-likeness (QED) is 0.897. The lowest BCUT2D eigenvalue weighted by atomic mass is 10.2. The van der Waals surface area contributed by atoms with Crippen LogP contribution in [0, 0.1) is 6.92 Å². The molecule has 2 rings (SSSR count). The maximum Gasteiger partial charge on any atom is 0.149 e. The molecule has 0 aliphatic carbocycles. The van der Waals surface area contributed by atoms with E-state index in [-0.39, 0.29) is 0 Å². The summed E-state index contributed by atoms with van der Waals surface area (Å²) in [5, 5.41) is 4.51. The number of anilines is 1. The lowest BCUT2D eigenvalue weighted by molar-refractivity contribution is 0.390. The van der Waals surface area contributed by atoms with Crippen LogP contribution in [0.15, 0.2) is 6.33 Å². The molecule has 0 saturated heterocycles. The molecule has 2 heterocycles. The first kappa shape index (κ1) is 13.2. The molecule has 1 atom stereocenters. The van der Waals surface area contributed by atoms with Gasteiger partial charge < -0.3 is 10.2 Å². The molecule has 0 saturated carbocycles. The van der Waals surface area contributed by atoms with E-state index in [2.05, 4.69) is 45.6 Å². The monoisotopic (exact) mass is 265 g/mol. The minimum absolute atomic E-state index is 0.379. The van der Waals surface area contributed by atoms with Crippen LogP contribution in [-0.2, 0) is 0 Å². The summed E-state index contributed by atoms with van der Waals surface area (Å²) in [7, 11) is 4.17. The van der Waals surface area contributed by atoms with Crippen molar-refractivity contribution in [3.05, 3.63) is 12.0 Å². The molecule has 98 valence electrons. The number of aromatic nitrogens is 3. The molecule has 0 radical (unpaired) electrons. The van der Waals surface area contributed by atoms with E-state index < -0.39 is 0 Å². The Kier molecular flexibility index (Phi) is 4.08. The van der Waals surface area contributed by atoms with Crippen molar-refractivity contribution in [2.75, 3.05) is 26.0 Å². The summed E-state index contributed by atoms with van der Waals surface area (Å²) in [5.74, 6) is 0.900. The first-order valence-electron chi connectivity index (χ1n) is 6.06. The first-order valence-corrected chi connectivity index (χ1v) is 6.83. The van der Waals surface area contributed by atoms with E-state index >= 15 is 0 Å². The Hall–Kier alpha value is -1.27.